The highest BCUT2D eigenvalue weighted by Gasteiger charge is 2.30. The van der Waals surface area contributed by atoms with Crippen LogP contribution in [0.1, 0.15) is 35.0 Å². The van der Waals surface area contributed by atoms with Crippen molar-refractivity contribution in [2.45, 2.75) is 24.1 Å². The van der Waals surface area contributed by atoms with Gasteiger partial charge in [-0.1, -0.05) is 60.3 Å². The first kappa shape index (κ1) is 19.7. The van der Waals surface area contributed by atoms with Gasteiger partial charge in [0.05, 0.1) is 12.3 Å². The number of para-hydroxylation sites is 1. The van der Waals surface area contributed by atoms with E-state index in [1.54, 1.807) is 6.20 Å². The average Bonchev–Trinajstić information content (AvgIpc) is 3.23. The maximum atomic E-state index is 13.3. The van der Waals surface area contributed by atoms with Crippen LogP contribution in [0.4, 0.5) is 0 Å². The number of hydrogen-bond acceptors (Lipinski definition) is 4. The minimum atomic E-state index is -0.480. The molecule has 29 heavy (non-hydrogen) atoms. The van der Waals surface area contributed by atoms with Gasteiger partial charge in [-0.15, -0.1) is 0 Å². The van der Waals surface area contributed by atoms with E-state index in [4.69, 9.17) is 0 Å². The zero-order chi connectivity index (χ0) is 20.2. The van der Waals surface area contributed by atoms with Gasteiger partial charge >= 0.3 is 0 Å². The van der Waals surface area contributed by atoms with Crippen LogP contribution in [-0.4, -0.2) is 44.8 Å². The molecule has 4 rings (SSSR count). The van der Waals surface area contributed by atoms with Crippen LogP contribution >= 0.6 is 11.8 Å². The summed E-state index contributed by atoms with van der Waals surface area (Å²) >= 11 is 1.53. The molecule has 1 aromatic heterocycles. The highest BCUT2D eigenvalue weighted by molar-refractivity contribution is 7.98. The molecule has 1 N–H and O–H groups in total. The number of carbonyl (C=O) groups is 1. The second kappa shape index (κ2) is 8.84. The molecule has 0 bridgehead atoms. The molecule has 0 spiro atoms. The quantitative estimate of drug-likeness (QED) is 0.645. The number of aliphatic hydroxyl groups excluding tert-OH is 1. The van der Waals surface area contributed by atoms with Crippen LogP contribution in [0.15, 0.2) is 72.0 Å². The van der Waals surface area contributed by atoms with Gasteiger partial charge in [0.15, 0.2) is 5.16 Å². The predicted molar refractivity (Wildman–Crippen MR) is 115 cm³/mol. The summed E-state index contributed by atoms with van der Waals surface area (Å²) in [6.07, 6.45) is 4.73. The summed E-state index contributed by atoms with van der Waals surface area (Å²) in [6.45, 7) is 1.28. The molecule has 0 radical (unpaired) electrons. The first-order valence-corrected chi connectivity index (χ1v) is 11.1. The van der Waals surface area contributed by atoms with Crippen molar-refractivity contribution in [3.05, 3.63) is 78.1 Å². The van der Waals surface area contributed by atoms with E-state index in [9.17, 15) is 9.90 Å². The topological polar surface area (TPSA) is 58.4 Å². The van der Waals surface area contributed by atoms with Crippen molar-refractivity contribution in [3.8, 4) is 5.69 Å². The number of hydrogen-bond donors (Lipinski definition) is 1. The van der Waals surface area contributed by atoms with Gasteiger partial charge in [0.1, 0.15) is 5.69 Å². The number of likely N-dealkylation sites (tertiary alicyclic amines) is 1. The monoisotopic (exact) mass is 407 g/mol. The fourth-order valence-electron chi connectivity index (χ4n) is 3.96. The van der Waals surface area contributed by atoms with E-state index in [-0.39, 0.29) is 11.8 Å². The lowest BCUT2D eigenvalue weighted by atomic mass is 9.87. The Balaban J connectivity index is 1.49. The molecular formula is C23H25N3O2S. The molecule has 1 amide bonds. The van der Waals surface area contributed by atoms with Gasteiger partial charge in [-0.3, -0.25) is 9.36 Å². The van der Waals surface area contributed by atoms with E-state index >= 15 is 0 Å². The number of benzene rings is 2. The summed E-state index contributed by atoms with van der Waals surface area (Å²) in [4.78, 5) is 19.6. The van der Waals surface area contributed by atoms with Crippen LogP contribution in [0.2, 0.25) is 0 Å². The number of carbonyl (C=O) groups excluding carboxylic acids is 1. The molecule has 3 aromatic rings. The normalized spacial score (nSPS) is 16.0. The Labute approximate surface area is 175 Å². The molecule has 150 valence electrons. The van der Waals surface area contributed by atoms with Crippen molar-refractivity contribution in [1.29, 1.82) is 0 Å². The van der Waals surface area contributed by atoms with Gasteiger partial charge in [0.25, 0.3) is 5.91 Å². The molecule has 0 aliphatic carbocycles. The molecule has 6 heteroatoms. The number of aromatic nitrogens is 2. The first-order chi connectivity index (χ1) is 14.2. The summed E-state index contributed by atoms with van der Waals surface area (Å²) in [5.41, 5.74) is 2.47. The first-order valence-electron chi connectivity index (χ1n) is 9.88. The number of amides is 1. The Morgan fingerprint density at radius 3 is 2.31 bits per heavy atom. The summed E-state index contributed by atoms with van der Waals surface area (Å²) in [5.74, 6) is 0.163. The maximum absolute atomic E-state index is 13.3. The second-order valence-electron chi connectivity index (χ2n) is 7.29. The fourth-order valence-corrected chi connectivity index (χ4v) is 4.50. The molecule has 1 saturated heterocycles. The summed E-state index contributed by atoms with van der Waals surface area (Å²) in [5, 5.41) is 11.5. The van der Waals surface area contributed by atoms with Gasteiger partial charge < -0.3 is 10.0 Å². The second-order valence-corrected chi connectivity index (χ2v) is 8.06. The number of piperidine rings is 1. The highest BCUT2D eigenvalue weighted by atomic mass is 32.2. The zero-order valence-corrected chi connectivity index (χ0v) is 17.3. The van der Waals surface area contributed by atoms with Crippen LogP contribution in [0.25, 0.3) is 5.69 Å². The van der Waals surface area contributed by atoms with Crippen molar-refractivity contribution >= 4 is 17.7 Å². The van der Waals surface area contributed by atoms with Gasteiger partial charge in [-0.05, 0) is 42.7 Å². The van der Waals surface area contributed by atoms with Crippen LogP contribution in [-0.2, 0) is 0 Å². The molecule has 1 fully saturated rings. The van der Waals surface area contributed by atoms with Gasteiger partial charge in [0, 0.05) is 18.8 Å². The average molecular weight is 408 g/mol. The smallest absolute Gasteiger partial charge is 0.272 e. The van der Waals surface area contributed by atoms with Crippen LogP contribution < -0.4 is 0 Å². The molecule has 2 heterocycles. The zero-order valence-electron chi connectivity index (χ0n) is 16.4. The lowest BCUT2D eigenvalue weighted by Gasteiger charge is -2.34. The van der Waals surface area contributed by atoms with E-state index in [1.807, 2.05) is 76.4 Å². The van der Waals surface area contributed by atoms with Crippen molar-refractivity contribution in [2.75, 3.05) is 19.3 Å². The highest BCUT2D eigenvalue weighted by Crippen LogP contribution is 2.31. The lowest BCUT2D eigenvalue weighted by Crippen LogP contribution is -2.40. The third kappa shape index (κ3) is 4.09. The maximum Gasteiger partial charge on any atom is 0.272 e. The van der Waals surface area contributed by atoms with E-state index in [0.29, 0.717) is 18.8 Å². The molecule has 1 atom stereocenters. The van der Waals surface area contributed by atoms with Crippen molar-refractivity contribution in [1.82, 2.24) is 14.5 Å². The minimum absolute atomic E-state index is 0.00527. The van der Waals surface area contributed by atoms with Crippen molar-refractivity contribution < 1.29 is 9.90 Å². The molecule has 0 unspecified atom stereocenters. The molecule has 1 aliphatic rings. The number of nitrogens with zero attached hydrogens (tertiary/aromatic N) is 3. The van der Waals surface area contributed by atoms with Crippen LogP contribution in [0.5, 0.6) is 0 Å². The predicted octanol–water partition coefficient (Wildman–Crippen LogP) is 4.18. The molecule has 5 nitrogen and oxygen atoms in total. The summed E-state index contributed by atoms with van der Waals surface area (Å²) in [6, 6.07) is 19.6. The van der Waals surface area contributed by atoms with E-state index < -0.39 is 6.10 Å². The van der Waals surface area contributed by atoms with Crippen LogP contribution in [0, 0.1) is 5.92 Å². The SMILES string of the molecule is CSc1ncc(C(=O)N2CCC([C@@H](O)c3ccccc3)CC2)n1-c1ccccc1. The Kier molecular flexibility index (Phi) is 6.02. The number of imidazole rings is 1. The van der Waals surface area contributed by atoms with Gasteiger partial charge in [0.2, 0.25) is 0 Å². The van der Waals surface area contributed by atoms with Crippen molar-refractivity contribution in [3.63, 3.8) is 0 Å². The Hall–Kier alpha value is -2.57. The third-order valence-electron chi connectivity index (χ3n) is 5.56. The summed E-state index contributed by atoms with van der Waals surface area (Å²) in [7, 11) is 0. The number of aliphatic hydroxyl groups is 1. The minimum Gasteiger partial charge on any atom is -0.388 e. The molecule has 0 saturated carbocycles. The largest absolute Gasteiger partial charge is 0.388 e. The lowest BCUT2D eigenvalue weighted by molar-refractivity contribution is 0.0457. The van der Waals surface area contributed by atoms with E-state index in [0.717, 1.165) is 29.2 Å². The van der Waals surface area contributed by atoms with E-state index in [2.05, 4.69) is 4.98 Å². The van der Waals surface area contributed by atoms with Gasteiger partial charge in [-0.25, -0.2) is 4.98 Å². The molecule has 1 aliphatic heterocycles. The number of thioether (sulfide) groups is 1. The molecule has 2 aromatic carbocycles. The fraction of sp³-hybridized carbons (Fsp3) is 0.304. The van der Waals surface area contributed by atoms with Crippen LogP contribution in [0.3, 0.4) is 0 Å². The Morgan fingerprint density at radius 1 is 1.07 bits per heavy atom. The Morgan fingerprint density at radius 2 is 1.69 bits per heavy atom. The number of rotatable bonds is 5. The third-order valence-corrected chi connectivity index (χ3v) is 6.21. The molecular weight excluding hydrogens is 382 g/mol. The summed E-state index contributed by atoms with van der Waals surface area (Å²) < 4.78 is 1.93. The Bertz CT molecular complexity index is 951. The standard InChI is InChI=1S/C23H25N3O2S/c1-29-23-24-16-20(26(23)19-10-6-3-7-11-19)22(28)25-14-12-18(13-15-25)21(27)17-8-4-2-5-9-17/h2-11,16,18,21,27H,12-15H2,1H3/t21-/m0/s1. The van der Waals surface area contributed by atoms with E-state index in [1.165, 1.54) is 11.8 Å². The van der Waals surface area contributed by atoms with Crippen molar-refractivity contribution in [2.24, 2.45) is 5.92 Å². The van der Waals surface area contributed by atoms with Gasteiger partial charge in [-0.2, -0.15) is 0 Å².